The largest absolute Gasteiger partial charge is 0.480 e. The molecule has 116 valence electrons. The summed E-state index contributed by atoms with van der Waals surface area (Å²) in [5.41, 5.74) is -0.183. The minimum atomic E-state index is -4.51. The van der Waals surface area contributed by atoms with E-state index in [4.69, 9.17) is 5.11 Å². The lowest BCUT2D eigenvalue weighted by molar-refractivity contribution is -0.154. The van der Waals surface area contributed by atoms with E-state index in [1.165, 1.54) is 18.2 Å². The van der Waals surface area contributed by atoms with Crippen molar-refractivity contribution in [3.05, 3.63) is 23.9 Å². The van der Waals surface area contributed by atoms with Crippen LogP contribution in [-0.4, -0.2) is 52.7 Å². The van der Waals surface area contributed by atoms with Gasteiger partial charge in [0.05, 0.1) is 0 Å². The zero-order valence-corrected chi connectivity index (χ0v) is 11.1. The molecule has 0 radical (unpaired) electrons. The highest BCUT2D eigenvalue weighted by molar-refractivity contribution is 5.94. The van der Waals surface area contributed by atoms with Crippen molar-refractivity contribution in [2.45, 2.75) is 13.1 Å². The third-order valence-electron chi connectivity index (χ3n) is 2.32. The maximum atomic E-state index is 12.0. The minimum Gasteiger partial charge on any atom is -0.480 e. The average Bonchev–Trinajstić information content (AvgIpc) is 2.41. The quantitative estimate of drug-likeness (QED) is 0.863. The first-order valence-corrected chi connectivity index (χ1v) is 5.90. The number of hydrogen-bond donors (Lipinski definition) is 1. The van der Waals surface area contributed by atoms with Crippen LogP contribution >= 0.6 is 0 Å². The standard InChI is InChI=1S/C12H13F3N2O4/c1-2-17(6-10(18)19)11(20)8-4-3-5-9(16-8)21-7-12(13,14)15/h3-5H,2,6-7H2,1H3,(H,18,19). The van der Waals surface area contributed by atoms with Gasteiger partial charge >= 0.3 is 12.1 Å². The summed E-state index contributed by atoms with van der Waals surface area (Å²) in [5, 5.41) is 8.68. The Balaban J connectivity index is 2.83. The van der Waals surface area contributed by atoms with Crippen LogP contribution in [0.1, 0.15) is 17.4 Å². The molecule has 0 spiro atoms. The van der Waals surface area contributed by atoms with E-state index in [0.29, 0.717) is 0 Å². The van der Waals surface area contributed by atoms with E-state index in [0.717, 1.165) is 4.90 Å². The van der Waals surface area contributed by atoms with Gasteiger partial charge in [-0.2, -0.15) is 13.2 Å². The van der Waals surface area contributed by atoms with Crippen LogP contribution in [0.4, 0.5) is 13.2 Å². The smallest absolute Gasteiger partial charge is 0.422 e. The third-order valence-corrected chi connectivity index (χ3v) is 2.32. The number of hydrogen-bond acceptors (Lipinski definition) is 4. The summed E-state index contributed by atoms with van der Waals surface area (Å²) < 4.78 is 40.5. The predicted molar refractivity (Wildman–Crippen MR) is 65.0 cm³/mol. The molecule has 0 bridgehead atoms. The summed E-state index contributed by atoms with van der Waals surface area (Å²) in [5.74, 6) is -2.25. The second kappa shape index (κ2) is 6.91. The van der Waals surface area contributed by atoms with E-state index >= 15 is 0 Å². The molecule has 0 saturated carbocycles. The number of aliphatic carboxylic acids is 1. The zero-order valence-electron chi connectivity index (χ0n) is 11.1. The van der Waals surface area contributed by atoms with Gasteiger partial charge in [-0.3, -0.25) is 9.59 Å². The lowest BCUT2D eigenvalue weighted by Crippen LogP contribution is -2.36. The molecular weight excluding hydrogens is 293 g/mol. The number of carbonyl (C=O) groups excluding carboxylic acids is 1. The molecule has 1 N–H and O–H groups in total. The molecule has 1 heterocycles. The number of pyridine rings is 1. The lowest BCUT2D eigenvalue weighted by Gasteiger charge is -2.18. The molecule has 0 atom stereocenters. The van der Waals surface area contributed by atoms with Crippen LogP contribution in [0.2, 0.25) is 0 Å². The van der Waals surface area contributed by atoms with Crippen LogP contribution in [0.25, 0.3) is 0 Å². The lowest BCUT2D eigenvalue weighted by atomic mass is 10.3. The highest BCUT2D eigenvalue weighted by Gasteiger charge is 2.29. The first kappa shape index (κ1) is 16.7. The highest BCUT2D eigenvalue weighted by Crippen LogP contribution is 2.17. The van der Waals surface area contributed by atoms with Gasteiger partial charge in [0.25, 0.3) is 5.91 Å². The Hall–Kier alpha value is -2.32. The number of carbonyl (C=O) groups is 2. The van der Waals surface area contributed by atoms with Crippen LogP contribution in [0.15, 0.2) is 18.2 Å². The number of ether oxygens (including phenoxy) is 1. The molecule has 0 aliphatic rings. The van der Waals surface area contributed by atoms with Gasteiger partial charge in [0.1, 0.15) is 12.2 Å². The number of carboxylic acids is 1. The Kier molecular flexibility index (Phi) is 5.51. The Morgan fingerprint density at radius 2 is 2.05 bits per heavy atom. The predicted octanol–water partition coefficient (Wildman–Crippen LogP) is 1.57. The van der Waals surface area contributed by atoms with Crippen molar-refractivity contribution >= 4 is 11.9 Å². The number of rotatable bonds is 6. The van der Waals surface area contributed by atoms with Gasteiger partial charge in [0.2, 0.25) is 5.88 Å². The van der Waals surface area contributed by atoms with Crippen molar-refractivity contribution in [1.29, 1.82) is 0 Å². The van der Waals surface area contributed by atoms with Crippen LogP contribution in [-0.2, 0) is 4.79 Å². The van der Waals surface area contributed by atoms with Gasteiger partial charge in [-0.1, -0.05) is 6.07 Å². The maximum Gasteiger partial charge on any atom is 0.422 e. The first-order valence-electron chi connectivity index (χ1n) is 5.90. The van der Waals surface area contributed by atoms with Gasteiger partial charge in [-0.05, 0) is 13.0 Å². The van der Waals surface area contributed by atoms with E-state index in [9.17, 15) is 22.8 Å². The SMILES string of the molecule is CCN(CC(=O)O)C(=O)c1cccc(OCC(F)(F)F)n1. The van der Waals surface area contributed by atoms with Crippen molar-refractivity contribution < 1.29 is 32.6 Å². The number of carboxylic acid groups (broad SMARTS) is 1. The Morgan fingerprint density at radius 1 is 1.38 bits per heavy atom. The molecule has 1 amide bonds. The number of aromatic nitrogens is 1. The van der Waals surface area contributed by atoms with Gasteiger partial charge in [-0.15, -0.1) is 0 Å². The number of nitrogens with zero attached hydrogens (tertiary/aromatic N) is 2. The molecular formula is C12H13F3N2O4. The molecule has 0 unspecified atom stereocenters. The second-order valence-electron chi connectivity index (χ2n) is 3.98. The van der Waals surface area contributed by atoms with E-state index in [-0.39, 0.29) is 18.1 Å². The maximum absolute atomic E-state index is 12.0. The summed E-state index contributed by atoms with van der Waals surface area (Å²) in [6, 6.07) is 3.75. The summed E-state index contributed by atoms with van der Waals surface area (Å²) in [7, 11) is 0. The molecule has 6 nitrogen and oxygen atoms in total. The van der Waals surface area contributed by atoms with Crippen LogP contribution < -0.4 is 4.74 Å². The zero-order chi connectivity index (χ0) is 16.0. The normalized spacial score (nSPS) is 11.0. The molecule has 0 aliphatic carbocycles. The van der Waals surface area contributed by atoms with Crippen molar-refractivity contribution in [3.8, 4) is 5.88 Å². The fourth-order valence-electron chi connectivity index (χ4n) is 1.42. The van der Waals surface area contributed by atoms with Crippen molar-refractivity contribution in [2.24, 2.45) is 0 Å². The van der Waals surface area contributed by atoms with E-state index < -0.39 is 31.2 Å². The van der Waals surface area contributed by atoms with Gasteiger partial charge in [0, 0.05) is 12.6 Å². The molecule has 0 saturated heterocycles. The van der Waals surface area contributed by atoms with Crippen LogP contribution in [0.5, 0.6) is 5.88 Å². The molecule has 1 aromatic heterocycles. The number of halogens is 3. The average molecular weight is 306 g/mol. The van der Waals surface area contributed by atoms with E-state index in [1.807, 2.05) is 0 Å². The van der Waals surface area contributed by atoms with Crippen molar-refractivity contribution in [1.82, 2.24) is 9.88 Å². The van der Waals surface area contributed by atoms with Crippen LogP contribution in [0.3, 0.4) is 0 Å². The molecule has 0 aromatic carbocycles. The summed E-state index contributed by atoms with van der Waals surface area (Å²) in [4.78, 5) is 27.3. The molecule has 9 heteroatoms. The number of amides is 1. The molecule has 21 heavy (non-hydrogen) atoms. The minimum absolute atomic E-state index is 0.125. The summed E-state index contributed by atoms with van der Waals surface area (Å²) >= 11 is 0. The fourth-order valence-corrected chi connectivity index (χ4v) is 1.42. The van der Waals surface area contributed by atoms with Crippen molar-refractivity contribution in [3.63, 3.8) is 0 Å². The number of alkyl halides is 3. The fraction of sp³-hybridized carbons (Fsp3) is 0.417. The van der Waals surface area contributed by atoms with E-state index in [2.05, 4.69) is 9.72 Å². The summed E-state index contributed by atoms with van der Waals surface area (Å²) in [6.07, 6.45) is -4.51. The highest BCUT2D eigenvalue weighted by atomic mass is 19.4. The number of likely N-dealkylation sites (N-methyl/N-ethyl adjacent to an activating group) is 1. The first-order chi connectivity index (χ1) is 9.73. The van der Waals surface area contributed by atoms with Gasteiger partial charge in [0.15, 0.2) is 6.61 Å². The summed E-state index contributed by atoms with van der Waals surface area (Å²) in [6.45, 7) is -0.347. The van der Waals surface area contributed by atoms with E-state index in [1.54, 1.807) is 6.92 Å². The Bertz CT molecular complexity index is 519. The Labute approximate surface area is 118 Å². The van der Waals surface area contributed by atoms with Crippen molar-refractivity contribution in [2.75, 3.05) is 19.7 Å². The molecule has 1 aromatic rings. The molecule has 1 rings (SSSR count). The van der Waals surface area contributed by atoms with Gasteiger partial charge in [-0.25, -0.2) is 4.98 Å². The second-order valence-corrected chi connectivity index (χ2v) is 3.98. The van der Waals surface area contributed by atoms with Gasteiger partial charge < -0.3 is 14.7 Å². The monoisotopic (exact) mass is 306 g/mol. The van der Waals surface area contributed by atoms with Crippen LogP contribution in [0, 0.1) is 0 Å². The topological polar surface area (TPSA) is 79.7 Å². The Morgan fingerprint density at radius 3 is 2.57 bits per heavy atom. The third kappa shape index (κ3) is 5.67. The molecule has 0 aliphatic heterocycles. The molecule has 0 fully saturated rings.